The highest BCUT2D eigenvalue weighted by molar-refractivity contribution is 5.92. The molecule has 9 heteroatoms. The number of benzene rings is 3. The fraction of sp³-hybridized carbons (Fsp3) is 0.214. The zero-order valence-electron chi connectivity index (χ0n) is 20.6. The maximum Gasteiger partial charge on any atom is 0.343 e. The average Bonchev–Trinajstić information content (AvgIpc) is 3.37. The van der Waals surface area contributed by atoms with Gasteiger partial charge in [-0.15, -0.1) is 0 Å². The summed E-state index contributed by atoms with van der Waals surface area (Å²) < 4.78 is 23.3. The number of nitrogens with zero attached hydrogens (tertiary/aromatic N) is 3. The van der Waals surface area contributed by atoms with Gasteiger partial charge in [0.2, 0.25) is 6.79 Å². The second-order valence-corrected chi connectivity index (χ2v) is 8.60. The van der Waals surface area contributed by atoms with Crippen LogP contribution < -0.4 is 24.5 Å². The minimum absolute atomic E-state index is 0.0218. The number of hydrogen-bond acceptors (Lipinski definition) is 8. The van der Waals surface area contributed by atoms with Crippen molar-refractivity contribution < 1.29 is 23.7 Å². The Kier molecular flexibility index (Phi) is 6.59. The summed E-state index contributed by atoms with van der Waals surface area (Å²) in [7, 11) is 0. The minimum Gasteiger partial charge on any atom is -0.490 e. The van der Waals surface area contributed by atoms with Gasteiger partial charge in [-0.05, 0) is 61.0 Å². The Morgan fingerprint density at radius 3 is 2.70 bits per heavy atom. The molecule has 188 valence electrons. The lowest BCUT2D eigenvalue weighted by Gasteiger charge is -2.13. The van der Waals surface area contributed by atoms with Crippen LogP contribution in [0.25, 0.3) is 10.9 Å². The van der Waals surface area contributed by atoms with Crippen molar-refractivity contribution in [2.45, 2.75) is 26.7 Å². The minimum atomic E-state index is -0.559. The molecule has 0 N–H and O–H groups in total. The highest BCUT2D eigenvalue weighted by Crippen LogP contribution is 2.34. The largest absolute Gasteiger partial charge is 0.490 e. The van der Waals surface area contributed by atoms with Crippen molar-refractivity contribution in [3.05, 3.63) is 88.0 Å². The van der Waals surface area contributed by atoms with Crippen LogP contribution in [-0.2, 0) is 0 Å². The summed E-state index contributed by atoms with van der Waals surface area (Å²) in [6.45, 7) is 6.23. The molecule has 0 amide bonds. The van der Waals surface area contributed by atoms with E-state index in [0.29, 0.717) is 51.7 Å². The van der Waals surface area contributed by atoms with Crippen molar-refractivity contribution in [1.29, 1.82) is 0 Å². The number of ether oxygens (including phenoxy) is 4. The van der Waals surface area contributed by atoms with Gasteiger partial charge in [0.25, 0.3) is 5.56 Å². The summed E-state index contributed by atoms with van der Waals surface area (Å²) in [5, 5.41) is 4.94. The van der Waals surface area contributed by atoms with Crippen molar-refractivity contribution in [2.24, 2.45) is 5.10 Å². The van der Waals surface area contributed by atoms with Crippen LogP contribution in [-0.4, -0.2) is 35.2 Å². The van der Waals surface area contributed by atoms with E-state index >= 15 is 0 Å². The van der Waals surface area contributed by atoms with Gasteiger partial charge in [-0.1, -0.05) is 26.0 Å². The Morgan fingerprint density at radius 2 is 1.89 bits per heavy atom. The highest BCUT2D eigenvalue weighted by atomic mass is 16.7. The van der Waals surface area contributed by atoms with E-state index in [-0.39, 0.29) is 24.0 Å². The third-order valence-corrected chi connectivity index (χ3v) is 5.70. The predicted molar refractivity (Wildman–Crippen MR) is 138 cm³/mol. The fourth-order valence-corrected chi connectivity index (χ4v) is 3.89. The molecule has 37 heavy (non-hydrogen) atoms. The molecule has 0 spiro atoms. The van der Waals surface area contributed by atoms with Crippen LogP contribution >= 0.6 is 0 Å². The van der Waals surface area contributed by atoms with E-state index in [9.17, 15) is 9.59 Å². The van der Waals surface area contributed by atoms with Gasteiger partial charge in [-0.25, -0.2) is 9.78 Å². The monoisotopic (exact) mass is 499 g/mol. The van der Waals surface area contributed by atoms with Crippen molar-refractivity contribution in [3.8, 4) is 23.0 Å². The van der Waals surface area contributed by atoms with Crippen molar-refractivity contribution in [1.82, 2.24) is 9.66 Å². The third-order valence-electron chi connectivity index (χ3n) is 5.70. The number of aromatic nitrogens is 2. The smallest absolute Gasteiger partial charge is 0.343 e. The van der Waals surface area contributed by atoms with Crippen LogP contribution in [0.15, 0.2) is 70.6 Å². The summed E-state index contributed by atoms with van der Waals surface area (Å²) in [6.07, 6.45) is 1.55. The molecule has 0 fully saturated rings. The predicted octanol–water partition coefficient (Wildman–Crippen LogP) is 4.75. The number of para-hydroxylation sites is 1. The Balaban J connectivity index is 1.44. The first-order chi connectivity index (χ1) is 17.9. The van der Waals surface area contributed by atoms with Crippen LogP contribution in [0.4, 0.5) is 0 Å². The molecule has 0 bridgehead atoms. The Labute approximate surface area is 212 Å². The standard InChI is InChI=1S/C28H25N3O6/c1-4-34-24-13-18(9-11-23(24)37-28(33)19-10-12-22-25(14-19)36-16-35-22)15-29-31-26(17(2)3)30-21-8-6-5-7-20(21)27(31)32/h5-15,17H,4,16H2,1-3H3. The molecule has 9 nitrogen and oxygen atoms in total. The van der Waals surface area contributed by atoms with Gasteiger partial charge in [0.15, 0.2) is 23.0 Å². The van der Waals surface area contributed by atoms with E-state index in [0.717, 1.165) is 0 Å². The normalized spacial score (nSPS) is 12.4. The summed E-state index contributed by atoms with van der Waals surface area (Å²) in [5.41, 5.74) is 1.36. The van der Waals surface area contributed by atoms with E-state index in [4.69, 9.17) is 18.9 Å². The molecule has 4 aromatic rings. The van der Waals surface area contributed by atoms with Crippen LogP contribution in [0, 0.1) is 0 Å². The maximum absolute atomic E-state index is 13.1. The van der Waals surface area contributed by atoms with E-state index in [2.05, 4.69) is 10.1 Å². The molecule has 1 aromatic heterocycles. The first kappa shape index (κ1) is 24.1. The number of rotatable bonds is 7. The molecule has 5 rings (SSSR count). The van der Waals surface area contributed by atoms with Gasteiger partial charge in [0.1, 0.15) is 5.82 Å². The molecular formula is C28H25N3O6. The number of fused-ring (bicyclic) bond motifs is 2. The second-order valence-electron chi connectivity index (χ2n) is 8.60. The van der Waals surface area contributed by atoms with Gasteiger partial charge in [0, 0.05) is 5.92 Å². The Hall–Kier alpha value is -4.66. The molecule has 0 aliphatic carbocycles. The van der Waals surface area contributed by atoms with Gasteiger partial charge < -0.3 is 18.9 Å². The van der Waals surface area contributed by atoms with Gasteiger partial charge in [-0.2, -0.15) is 9.78 Å². The van der Waals surface area contributed by atoms with E-state index in [1.807, 2.05) is 32.9 Å². The molecule has 0 atom stereocenters. The zero-order chi connectivity index (χ0) is 25.9. The number of esters is 1. The van der Waals surface area contributed by atoms with E-state index in [1.165, 1.54) is 4.68 Å². The SMILES string of the molecule is CCOc1cc(C=Nn2c(C(C)C)nc3ccccc3c2=O)ccc1OC(=O)c1ccc2c(c1)OCO2. The molecule has 2 heterocycles. The molecule has 1 aliphatic heterocycles. The van der Waals surface area contributed by atoms with Crippen molar-refractivity contribution in [2.75, 3.05) is 13.4 Å². The molecule has 3 aromatic carbocycles. The Morgan fingerprint density at radius 1 is 1.08 bits per heavy atom. The van der Waals surface area contributed by atoms with Crippen LogP contribution in [0.2, 0.25) is 0 Å². The average molecular weight is 500 g/mol. The van der Waals surface area contributed by atoms with E-state index in [1.54, 1.807) is 54.7 Å². The number of hydrogen-bond donors (Lipinski definition) is 0. The lowest BCUT2D eigenvalue weighted by atomic mass is 10.2. The Bertz CT molecular complexity index is 1570. The third kappa shape index (κ3) is 4.88. The number of carbonyl (C=O) groups is 1. The quantitative estimate of drug-likeness (QED) is 0.205. The lowest BCUT2D eigenvalue weighted by Crippen LogP contribution is -2.23. The molecule has 0 radical (unpaired) electrons. The first-order valence-corrected chi connectivity index (χ1v) is 11.9. The van der Waals surface area contributed by atoms with Gasteiger partial charge >= 0.3 is 5.97 Å². The molecular weight excluding hydrogens is 474 g/mol. The summed E-state index contributed by atoms with van der Waals surface area (Å²) >= 11 is 0. The molecule has 1 aliphatic rings. The zero-order valence-corrected chi connectivity index (χ0v) is 20.6. The van der Waals surface area contributed by atoms with Crippen LogP contribution in [0.3, 0.4) is 0 Å². The molecule has 0 saturated heterocycles. The molecule has 0 saturated carbocycles. The first-order valence-electron chi connectivity index (χ1n) is 11.9. The van der Waals surface area contributed by atoms with Crippen LogP contribution in [0.5, 0.6) is 23.0 Å². The van der Waals surface area contributed by atoms with Crippen molar-refractivity contribution in [3.63, 3.8) is 0 Å². The highest BCUT2D eigenvalue weighted by Gasteiger charge is 2.19. The fourth-order valence-electron chi connectivity index (χ4n) is 3.89. The van der Waals surface area contributed by atoms with Gasteiger partial charge in [0.05, 0.1) is 29.3 Å². The van der Waals surface area contributed by atoms with E-state index < -0.39 is 5.97 Å². The lowest BCUT2D eigenvalue weighted by molar-refractivity contribution is 0.0728. The second kappa shape index (κ2) is 10.1. The summed E-state index contributed by atoms with van der Waals surface area (Å²) in [5.74, 6) is 1.67. The van der Waals surface area contributed by atoms with Gasteiger partial charge in [-0.3, -0.25) is 4.79 Å². The van der Waals surface area contributed by atoms with Crippen molar-refractivity contribution >= 4 is 23.1 Å². The van der Waals surface area contributed by atoms with Crippen LogP contribution in [0.1, 0.15) is 48.4 Å². The topological polar surface area (TPSA) is 101 Å². The molecule has 0 unspecified atom stereocenters. The summed E-state index contributed by atoms with van der Waals surface area (Å²) in [4.78, 5) is 30.5. The number of carbonyl (C=O) groups excluding carboxylic acids is 1. The maximum atomic E-state index is 13.1. The summed E-state index contributed by atoms with van der Waals surface area (Å²) in [6, 6.07) is 17.1.